The van der Waals surface area contributed by atoms with Gasteiger partial charge in [0.15, 0.2) is 0 Å². The van der Waals surface area contributed by atoms with Crippen molar-refractivity contribution in [2.75, 3.05) is 21.3 Å². The van der Waals surface area contributed by atoms with Gasteiger partial charge in [-0.2, -0.15) is 0 Å². The molecule has 0 fully saturated rings. The van der Waals surface area contributed by atoms with E-state index in [1.807, 2.05) is 49.6 Å². The van der Waals surface area contributed by atoms with E-state index in [4.69, 9.17) is 9.47 Å². The van der Waals surface area contributed by atoms with Gasteiger partial charge in [0.1, 0.15) is 11.5 Å². The number of benzene rings is 1. The van der Waals surface area contributed by atoms with Gasteiger partial charge in [-0.15, -0.1) is 0 Å². The minimum absolute atomic E-state index is 0.161. The number of nitrogens with one attached hydrogen (secondary N) is 1. The van der Waals surface area contributed by atoms with Crippen LogP contribution >= 0.6 is 0 Å². The van der Waals surface area contributed by atoms with Crippen LogP contribution in [0.25, 0.3) is 0 Å². The highest BCUT2D eigenvalue weighted by Crippen LogP contribution is 2.27. The number of pyridine rings is 1. The third-order valence-electron chi connectivity index (χ3n) is 3.26. The van der Waals surface area contributed by atoms with Gasteiger partial charge in [0.05, 0.1) is 14.2 Å². The van der Waals surface area contributed by atoms with Crippen LogP contribution in [0.5, 0.6) is 11.5 Å². The van der Waals surface area contributed by atoms with E-state index in [-0.39, 0.29) is 6.04 Å². The van der Waals surface area contributed by atoms with Crippen LogP contribution in [0.1, 0.15) is 17.3 Å². The third-order valence-corrected chi connectivity index (χ3v) is 3.26. The Morgan fingerprint density at radius 1 is 1.10 bits per heavy atom. The van der Waals surface area contributed by atoms with Gasteiger partial charge in [0.25, 0.3) is 0 Å². The summed E-state index contributed by atoms with van der Waals surface area (Å²) in [5.41, 5.74) is 2.17. The number of hydrogen-bond acceptors (Lipinski definition) is 4. The fourth-order valence-corrected chi connectivity index (χ4v) is 2.15. The maximum Gasteiger partial charge on any atom is 0.122 e. The Kier molecular flexibility index (Phi) is 4.96. The average molecular weight is 272 g/mol. The Labute approximate surface area is 119 Å². The minimum Gasteiger partial charge on any atom is -0.497 e. The molecule has 106 valence electrons. The number of rotatable bonds is 6. The maximum absolute atomic E-state index is 5.32. The molecule has 4 heteroatoms. The van der Waals surface area contributed by atoms with Gasteiger partial charge in [0.2, 0.25) is 0 Å². The summed E-state index contributed by atoms with van der Waals surface area (Å²) in [6.45, 7) is 0. The molecule has 0 aliphatic carbocycles. The van der Waals surface area contributed by atoms with E-state index in [2.05, 4.69) is 10.3 Å². The quantitative estimate of drug-likeness (QED) is 0.878. The van der Waals surface area contributed by atoms with E-state index in [9.17, 15) is 0 Å². The van der Waals surface area contributed by atoms with Crippen molar-refractivity contribution >= 4 is 0 Å². The largest absolute Gasteiger partial charge is 0.497 e. The van der Waals surface area contributed by atoms with E-state index in [1.54, 1.807) is 14.2 Å². The van der Waals surface area contributed by atoms with Crippen LogP contribution in [0.4, 0.5) is 0 Å². The molecular formula is C16H20N2O2. The summed E-state index contributed by atoms with van der Waals surface area (Å²) >= 11 is 0. The van der Waals surface area contributed by atoms with Crippen molar-refractivity contribution in [3.05, 3.63) is 53.9 Å². The summed E-state index contributed by atoms with van der Waals surface area (Å²) in [4.78, 5) is 4.37. The first-order valence-electron chi connectivity index (χ1n) is 6.57. The van der Waals surface area contributed by atoms with E-state index < -0.39 is 0 Å². The second-order valence-corrected chi connectivity index (χ2v) is 4.51. The van der Waals surface area contributed by atoms with Crippen LogP contribution in [0.2, 0.25) is 0 Å². The third kappa shape index (κ3) is 3.48. The van der Waals surface area contributed by atoms with Crippen molar-refractivity contribution in [3.63, 3.8) is 0 Å². The number of aromatic nitrogens is 1. The minimum atomic E-state index is 0.161. The normalized spacial score (nSPS) is 11.9. The van der Waals surface area contributed by atoms with E-state index in [0.717, 1.165) is 29.2 Å². The van der Waals surface area contributed by atoms with Crippen molar-refractivity contribution in [2.45, 2.75) is 12.5 Å². The van der Waals surface area contributed by atoms with Gasteiger partial charge in [0, 0.05) is 30.4 Å². The van der Waals surface area contributed by atoms with E-state index >= 15 is 0 Å². The van der Waals surface area contributed by atoms with E-state index in [0.29, 0.717) is 0 Å². The average Bonchev–Trinajstić information content (AvgIpc) is 2.53. The van der Waals surface area contributed by atoms with Crippen LogP contribution in [0.3, 0.4) is 0 Å². The first-order chi connectivity index (χ1) is 9.76. The monoisotopic (exact) mass is 272 g/mol. The fraction of sp³-hybridized carbons (Fsp3) is 0.312. The first-order valence-corrected chi connectivity index (χ1v) is 6.57. The lowest BCUT2D eigenvalue weighted by atomic mass is 10.0. The molecule has 1 atom stereocenters. The molecule has 0 amide bonds. The highest BCUT2D eigenvalue weighted by molar-refractivity contribution is 5.40. The van der Waals surface area contributed by atoms with Gasteiger partial charge in [-0.05, 0) is 36.9 Å². The van der Waals surface area contributed by atoms with Gasteiger partial charge < -0.3 is 14.8 Å². The number of hydrogen-bond donors (Lipinski definition) is 1. The number of methoxy groups -OCH3 is 2. The molecule has 0 radical (unpaired) electrons. The van der Waals surface area contributed by atoms with Crippen LogP contribution < -0.4 is 14.8 Å². The Hall–Kier alpha value is -2.07. The Bertz CT molecular complexity index is 521. The van der Waals surface area contributed by atoms with Crippen LogP contribution in [-0.2, 0) is 6.42 Å². The predicted molar refractivity (Wildman–Crippen MR) is 79.3 cm³/mol. The molecule has 0 saturated carbocycles. The molecule has 4 nitrogen and oxygen atoms in total. The zero-order valence-electron chi connectivity index (χ0n) is 12.1. The van der Waals surface area contributed by atoms with Crippen molar-refractivity contribution in [1.29, 1.82) is 0 Å². The second-order valence-electron chi connectivity index (χ2n) is 4.51. The Balaban J connectivity index is 2.26. The molecule has 20 heavy (non-hydrogen) atoms. The molecular weight excluding hydrogens is 252 g/mol. The van der Waals surface area contributed by atoms with Gasteiger partial charge in [-0.1, -0.05) is 6.07 Å². The van der Waals surface area contributed by atoms with Gasteiger partial charge >= 0.3 is 0 Å². The molecule has 0 aliphatic rings. The summed E-state index contributed by atoms with van der Waals surface area (Å²) in [5, 5.41) is 3.32. The zero-order valence-corrected chi connectivity index (χ0v) is 12.1. The second kappa shape index (κ2) is 6.91. The van der Waals surface area contributed by atoms with Gasteiger partial charge in [-0.25, -0.2) is 0 Å². The standard InChI is InChI=1S/C16H20N2O2/c1-17-16(10-13-6-4-5-7-18-13)12-8-14(19-2)11-15(9-12)20-3/h4-9,11,16-17H,10H2,1-3H3. The maximum atomic E-state index is 5.32. The van der Waals surface area contributed by atoms with E-state index in [1.165, 1.54) is 0 Å². The summed E-state index contributed by atoms with van der Waals surface area (Å²) in [6.07, 6.45) is 2.63. The smallest absolute Gasteiger partial charge is 0.122 e. The highest BCUT2D eigenvalue weighted by Gasteiger charge is 2.13. The molecule has 0 saturated heterocycles. The van der Waals surface area contributed by atoms with Crippen molar-refractivity contribution in [2.24, 2.45) is 0 Å². The molecule has 1 heterocycles. The lowest BCUT2D eigenvalue weighted by Gasteiger charge is -2.18. The van der Waals surface area contributed by atoms with Crippen LogP contribution in [-0.4, -0.2) is 26.3 Å². The fourth-order valence-electron chi connectivity index (χ4n) is 2.15. The first kappa shape index (κ1) is 14.3. The van der Waals surface area contributed by atoms with Crippen LogP contribution in [0.15, 0.2) is 42.6 Å². The molecule has 1 unspecified atom stereocenters. The number of likely N-dealkylation sites (N-methyl/N-ethyl adjacent to an activating group) is 1. The Morgan fingerprint density at radius 2 is 1.80 bits per heavy atom. The lowest BCUT2D eigenvalue weighted by Crippen LogP contribution is -2.19. The van der Waals surface area contributed by atoms with Crippen molar-refractivity contribution in [3.8, 4) is 11.5 Å². The lowest BCUT2D eigenvalue weighted by molar-refractivity contribution is 0.391. The summed E-state index contributed by atoms with van der Waals surface area (Å²) in [5.74, 6) is 1.58. The Morgan fingerprint density at radius 3 is 2.30 bits per heavy atom. The molecule has 2 aromatic rings. The summed E-state index contributed by atoms with van der Waals surface area (Å²) in [6, 6.07) is 12.0. The molecule has 0 aliphatic heterocycles. The number of ether oxygens (including phenoxy) is 2. The molecule has 0 spiro atoms. The van der Waals surface area contributed by atoms with Crippen molar-refractivity contribution in [1.82, 2.24) is 10.3 Å². The molecule has 1 N–H and O–H groups in total. The van der Waals surface area contributed by atoms with Crippen LogP contribution in [0, 0.1) is 0 Å². The summed E-state index contributed by atoms with van der Waals surface area (Å²) < 4.78 is 10.6. The topological polar surface area (TPSA) is 43.4 Å². The highest BCUT2D eigenvalue weighted by atomic mass is 16.5. The summed E-state index contributed by atoms with van der Waals surface area (Å²) in [7, 11) is 5.26. The predicted octanol–water partition coefficient (Wildman–Crippen LogP) is 2.60. The molecule has 1 aromatic carbocycles. The zero-order chi connectivity index (χ0) is 14.4. The van der Waals surface area contributed by atoms with Crippen molar-refractivity contribution < 1.29 is 9.47 Å². The van der Waals surface area contributed by atoms with Gasteiger partial charge in [-0.3, -0.25) is 4.98 Å². The molecule has 1 aromatic heterocycles. The SMILES string of the molecule is CNC(Cc1ccccn1)c1cc(OC)cc(OC)c1. The molecule has 0 bridgehead atoms. The molecule has 2 rings (SSSR count). The number of nitrogens with zero attached hydrogens (tertiary/aromatic N) is 1.